The van der Waals surface area contributed by atoms with E-state index in [0.29, 0.717) is 50.2 Å². The fraction of sp³-hybridized carbons (Fsp3) is 0.111. The van der Waals surface area contributed by atoms with Crippen molar-refractivity contribution in [3.63, 3.8) is 0 Å². The molecule has 0 aliphatic rings. The molecule has 0 aliphatic heterocycles. The number of benzene rings is 3. The lowest BCUT2D eigenvalue weighted by Gasteiger charge is -2.11. The number of H-pyrrole nitrogens is 1. The van der Waals surface area contributed by atoms with Gasteiger partial charge in [0, 0.05) is 25.4 Å². The zero-order valence-corrected chi connectivity index (χ0v) is 22.7. The Morgan fingerprint density at radius 2 is 1.74 bits per heavy atom. The van der Waals surface area contributed by atoms with E-state index in [1.165, 1.54) is 18.3 Å². The quantitative estimate of drug-likeness (QED) is 0.230. The highest BCUT2D eigenvalue weighted by atomic mass is 35.5. The molecule has 11 heteroatoms. The molecule has 0 atom stereocenters. The van der Waals surface area contributed by atoms with E-state index in [4.69, 9.17) is 23.2 Å². The van der Waals surface area contributed by atoms with Gasteiger partial charge in [-0.2, -0.15) is 0 Å². The van der Waals surface area contributed by atoms with E-state index >= 15 is 0 Å². The van der Waals surface area contributed by atoms with Crippen LogP contribution in [-0.4, -0.2) is 23.0 Å². The topological polar surface area (TPSA) is 109 Å². The number of anilines is 2. The van der Waals surface area contributed by atoms with Crippen molar-refractivity contribution in [1.29, 1.82) is 0 Å². The summed E-state index contributed by atoms with van der Waals surface area (Å²) in [5.41, 5.74) is 3.12. The number of imidazole rings is 1. The van der Waals surface area contributed by atoms with Gasteiger partial charge in [0.1, 0.15) is 0 Å². The van der Waals surface area contributed by atoms with Gasteiger partial charge >= 0.3 is 0 Å². The van der Waals surface area contributed by atoms with Crippen molar-refractivity contribution in [3.05, 3.63) is 105 Å². The predicted octanol–water partition coefficient (Wildman–Crippen LogP) is 5.81. The Labute approximate surface area is 229 Å². The van der Waals surface area contributed by atoms with E-state index in [0.717, 1.165) is 10.9 Å². The molecule has 3 N–H and O–H groups in total. The van der Waals surface area contributed by atoms with Crippen LogP contribution in [-0.2, 0) is 23.5 Å². The third kappa shape index (κ3) is 4.76. The lowest BCUT2D eigenvalue weighted by Crippen LogP contribution is -2.18. The van der Waals surface area contributed by atoms with Gasteiger partial charge in [-0.15, -0.1) is 0 Å². The third-order valence-corrected chi connectivity index (χ3v) is 8.27. The molecule has 0 aliphatic carbocycles. The van der Waals surface area contributed by atoms with Crippen molar-refractivity contribution in [2.45, 2.75) is 18.2 Å². The van der Waals surface area contributed by atoms with Gasteiger partial charge in [-0.1, -0.05) is 59.6 Å². The maximum atomic E-state index is 13.3. The number of hydrogen-bond donors (Lipinski definition) is 3. The first-order valence-corrected chi connectivity index (χ1v) is 13.9. The van der Waals surface area contributed by atoms with Gasteiger partial charge in [-0.05, 0) is 48.2 Å². The van der Waals surface area contributed by atoms with E-state index in [2.05, 4.69) is 20.0 Å². The average Bonchev–Trinajstić information content (AvgIpc) is 3.22. The normalized spacial score (nSPS) is 12.0. The Morgan fingerprint density at radius 3 is 2.45 bits per heavy atom. The van der Waals surface area contributed by atoms with Crippen LogP contribution in [0.15, 0.2) is 82.6 Å². The number of aromatic amines is 1. The van der Waals surface area contributed by atoms with E-state index < -0.39 is 10.0 Å². The van der Waals surface area contributed by atoms with Crippen LogP contribution in [0.3, 0.4) is 0 Å². The minimum atomic E-state index is -3.66. The van der Waals surface area contributed by atoms with Crippen LogP contribution in [0, 0.1) is 6.92 Å². The number of nitrogens with one attached hydrogen (secondary N) is 3. The molecule has 3 aromatic carbocycles. The molecule has 5 aromatic rings. The number of aromatic nitrogens is 3. The number of halogens is 2. The minimum Gasteiger partial charge on any atom is -0.325 e. The predicted molar refractivity (Wildman–Crippen MR) is 153 cm³/mol. The Balaban J connectivity index is 1.47. The number of aryl methyl sites for hydroxylation is 2. The number of nitrogens with zero attached hydrogens (tertiary/aromatic N) is 2. The Hall–Kier alpha value is -3.79. The molecule has 2 aromatic heterocycles. The fourth-order valence-electron chi connectivity index (χ4n) is 4.33. The highest BCUT2D eigenvalue weighted by molar-refractivity contribution is 7.89. The SMILES string of the molecule is Cc1c(C/C=C/NS(=O)(=O)c2ccccc2)[nH]c(=O)c2c1ccc1nc(Nc3c(Cl)cccc3Cl)n(C)c12. The molecule has 5 rings (SSSR count). The van der Waals surface area contributed by atoms with Crippen LogP contribution in [0.5, 0.6) is 0 Å². The highest BCUT2D eigenvalue weighted by Gasteiger charge is 2.18. The van der Waals surface area contributed by atoms with E-state index in [-0.39, 0.29) is 10.5 Å². The second-order valence-corrected chi connectivity index (χ2v) is 11.2. The summed E-state index contributed by atoms with van der Waals surface area (Å²) in [5.74, 6) is 0.484. The summed E-state index contributed by atoms with van der Waals surface area (Å²) in [6.45, 7) is 1.92. The summed E-state index contributed by atoms with van der Waals surface area (Å²) in [4.78, 5) is 21.1. The summed E-state index contributed by atoms with van der Waals surface area (Å²) in [6.07, 6.45) is 3.35. The van der Waals surface area contributed by atoms with Crippen LogP contribution in [0.25, 0.3) is 21.8 Å². The Morgan fingerprint density at radius 1 is 1.03 bits per heavy atom. The molecule has 8 nitrogen and oxygen atoms in total. The standard InChI is InChI=1S/C27H23Cl2N5O3S/c1-16-18-13-14-22-25(34(2)27(32-22)33-24-19(28)10-6-11-20(24)29)23(18)26(35)31-21(16)12-7-15-30-38(36,37)17-8-4-3-5-9-17/h3-11,13-15,30H,12H2,1-2H3,(H,31,35)(H,32,33)/b15-7+. The first kappa shape index (κ1) is 25.8. The lowest BCUT2D eigenvalue weighted by atomic mass is 10.0. The molecule has 0 fully saturated rings. The first-order valence-electron chi connectivity index (χ1n) is 11.6. The van der Waals surface area contributed by atoms with Gasteiger partial charge in [0.15, 0.2) is 0 Å². The second kappa shape index (κ2) is 10.2. The Kier molecular flexibility index (Phi) is 6.92. The summed E-state index contributed by atoms with van der Waals surface area (Å²) < 4.78 is 29.0. The van der Waals surface area contributed by atoms with Gasteiger partial charge in [-0.25, -0.2) is 13.4 Å². The molecule has 0 unspecified atom stereocenters. The number of allylic oxidation sites excluding steroid dienone is 1. The molecule has 0 radical (unpaired) electrons. The maximum absolute atomic E-state index is 13.3. The van der Waals surface area contributed by atoms with Crippen molar-refractivity contribution < 1.29 is 8.42 Å². The van der Waals surface area contributed by atoms with Crippen molar-refractivity contribution >= 4 is 66.7 Å². The molecule has 38 heavy (non-hydrogen) atoms. The van der Waals surface area contributed by atoms with Gasteiger partial charge in [0.05, 0.1) is 37.0 Å². The lowest BCUT2D eigenvalue weighted by molar-refractivity contribution is 0.590. The van der Waals surface area contributed by atoms with E-state index in [1.807, 2.05) is 26.1 Å². The van der Waals surface area contributed by atoms with Crippen LogP contribution >= 0.6 is 23.2 Å². The molecule has 0 amide bonds. The van der Waals surface area contributed by atoms with Crippen LogP contribution in [0.2, 0.25) is 10.0 Å². The first-order chi connectivity index (χ1) is 18.2. The molecule has 194 valence electrons. The molecule has 0 bridgehead atoms. The van der Waals surface area contributed by atoms with Crippen LogP contribution in [0.4, 0.5) is 11.6 Å². The number of pyridine rings is 1. The fourth-order valence-corrected chi connectivity index (χ4v) is 5.75. The molecular formula is C27H23Cl2N5O3S. The highest BCUT2D eigenvalue weighted by Crippen LogP contribution is 2.34. The molecule has 0 saturated carbocycles. The zero-order chi connectivity index (χ0) is 27.0. The molecule has 0 spiro atoms. The average molecular weight is 568 g/mol. The third-order valence-electron chi connectivity index (χ3n) is 6.30. The maximum Gasteiger partial charge on any atom is 0.261 e. The van der Waals surface area contributed by atoms with Crippen molar-refractivity contribution in [2.24, 2.45) is 7.05 Å². The zero-order valence-electron chi connectivity index (χ0n) is 20.4. The Bertz CT molecular complexity index is 1860. The number of hydrogen-bond acceptors (Lipinski definition) is 5. The van der Waals surface area contributed by atoms with Crippen LogP contribution < -0.4 is 15.6 Å². The van der Waals surface area contributed by atoms with Gasteiger partial charge in [0.25, 0.3) is 15.6 Å². The van der Waals surface area contributed by atoms with Crippen LogP contribution in [0.1, 0.15) is 11.3 Å². The van der Waals surface area contributed by atoms with E-state index in [1.54, 1.807) is 47.0 Å². The molecular weight excluding hydrogens is 545 g/mol. The summed E-state index contributed by atoms with van der Waals surface area (Å²) in [6, 6.07) is 17.0. The largest absolute Gasteiger partial charge is 0.325 e. The number of sulfonamides is 1. The summed E-state index contributed by atoms with van der Waals surface area (Å²) in [7, 11) is -1.85. The van der Waals surface area contributed by atoms with Gasteiger partial charge in [0.2, 0.25) is 5.95 Å². The molecule has 2 heterocycles. The van der Waals surface area contributed by atoms with Crippen molar-refractivity contribution in [3.8, 4) is 0 Å². The summed E-state index contributed by atoms with van der Waals surface area (Å²) >= 11 is 12.6. The smallest absolute Gasteiger partial charge is 0.261 e. The number of fused-ring (bicyclic) bond motifs is 3. The van der Waals surface area contributed by atoms with Gasteiger partial charge < -0.3 is 14.9 Å². The second-order valence-electron chi connectivity index (χ2n) is 8.67. The summed E-state index contributed by atoms with van der Waals surface area (Å²) in [5, 5.41) is 5.36. The van der Waals surface area contributed by atoms with E-state index in [9.17, 15) is 13.2 Å². The monoisotopic (exact) mass is 567 g/mol. The van der Waals surface area contributed by atoms with Gasteiger partial charge in [-0.3, -0.25) is 9.52 Å². The van der Waals surface area contributed by atoms with Crippen molar-refractivity contribution in [2.75, 3.05) is 5.32 Å². The number of rotatable bonds is 7. The number of para-hydroxylation sites is 1. The minimum absolute atomic E-state index is 0.172. The van der Waals surface area contributed by atoms with Crippen molar-refractivity contribution in [1.82, 2.24) is 19.3 Å². The molecule has 0 saturated heterocycles.